The maximum atomic E-state index is 13.5. The summed E-state index contributed by atoms with van der Waals surface area (Å²) in [4.78, 5) is 14.2. The van der Waals surface area contributed by atoms with Crippen molar-refractivity contribution in [2.75, 3.05) is 19.7 Å². The van der Waals surface area contributed by atoms with Crippen LogP contribution >= 0.6 is 0 Å². The molecule has 1 unspecified atom stereocenters. The van der Waals surface area contributed by atoms with Crippen molar-refractivity contribution in [1.82, 2.24) is 10.2 Å². The molecule has 3 rings (SSSR count). The first-order valence-electron chi connectivity index (χ1n) is 10.1. The molecule has 0 saturated carbocycles. The molecule has 5 heteroatoms. The predicted molar refractivity (Wildman–Crippen MR) is 109 cm³/mol. The minimum Gasteiger partial charge on any atom is -0.483 e. The van der Waals surface area contributed by atoms with Gasteiger partial charge in [0.05, 0.1) is 0 Å². The number of likely N-dealkylation sites (tertiary alicyclic amines) is 1. The van der Waals surface area contributed by atoms with Crippen molar-refractivity contribution in [2.24, 2.45) is 0 Å². The molecule has 1 aliphatic rings. The van der Waals surface area contributed by atoms with Crippen LogP contribution in [0.1, 0.15) is 48.9 Å². The third-order valence-corrected chi connectivity index (χ3v) is 5.29. The summed E-state index contributed by atoms with van der Waals surface area (Å²) in [6.45, 7) is 6.27. The van der Waals surface area contributed by atoms with E-state index in [2.05, 4.69) is 12.2 Å². The number of para-hydroxylation sites is 1. The van der Waals surface area contributed by atoms with Gasteiger partial charge in [-0.05, 0) is 49.4 Å². The highest BCUT2D eigenvalue weighted by Crippen LogP contribution is 2.28. The van der Waals surface area contributed by atoms with Gasteiger partial charge < -0.3 is 15.0 Å². The van der Waals surface area contributed by atoms with Crippen molar-refractivity contribution >= 4 is 5.91 Å². The molecule has 0 spiro atoms. The van der Waals surface area contributed by atoms with Crippen LogP contribution in [0, 0.1) is 12.7 Å². The molecule has 1 heterocycles. The second kappa shape index (κ2) is 9.69. The Morgan fingerprint density at radius 3 is 2.68 bits per heavy atom. The topological polar surface area (TPSA) is 41.6 Å². The highest BCUT2D eigenvalue weighted by Gasteiger charge is 2.20. The third-order valence-electron chi connectivity index (χ3n) is 5.29. The molecule has 0 aliphatic carbocycles. The fourth-order valence-corrected chi connectivity index (χ4v) is 3.63. The Morgan fingerprint density at radius 2 is 1.96 bits per heavy atom. The number of benzene rings is 2. The van der Waals surface area contributed by atoms with Crippen molar-refractivity contribution in [3.63, 3.8) is 0 Å². The van der Waals surface area contributed by atoms with Crippen LogP contribution in [0.15, 0.2) is 42.5 Å². The summed E-state index contributed by atoms with van der Waals surface area (Å²) in [6, 6.07) is 13.1. The van der Waals surface area contributed by atoms with Crippen molar-refractivity contribution < 1.29 is 13.9 Å². The van der Waals surface area contributed by atoms with Crippen molar-refractivity contribution in [3.8, 4) is 5.75 Å². The number of hydrogen-bond acceptors (Lipinski definition) is 3. The van der Waals surface area contributed by atoms with Gasteiger partial charge in [-0.15, -0.1) is 0 Å². The van der Waals surface area contributed by atoms with Gasteiger partial charge in [0.25, 0.3) is 5.91 Å². The van der Waals surface area contributed by atoms with Gasteiger partial charge in [0.15, 0.2) is 6.61 Å². The quantitative estimate of drug-likeness (QED) is 0.735. The molecule has 1 fully saturated rings. The van der Waals surface area contributed by atoms with Gasteiger partial charge in [-0.1, -0.05) is 37.3 Å². The smallest absolute Gasteiger partial charge is 0.260 e. The monoisotopic (exact) mass is 384 g/mol. The van der Waals surface area contributed by atoms with Gasteiger partial charge in [-0.3, -0.25) is 4.79 Å². The second-order valence-corrected chi connectivity index (χ2v) is 7.34. The molecule has 28 heavy (non-hydrogen) atoms. The number of carbonyl (C=O) groups excluding carboxylic acids is 1. The molecule has 1 saturated heterocycles. The maximum absolute atomic E-state index is 13.5. The molecule has 4 nitrogen and oxygen atoms in total. The molecule has 150 valence electrons. The molecule has 1 aliphatic heterocycles. The Bertz CT molecular complexity index is 803. The molecule has 1 amide bonds. The summed E-state index contributed by atoms with van der Waals surface area (Å²) < 4.78 is 19.4. The zero-order valence-electron chi connectivity index (χ0n) is 16.7. The van der Waals surface area contributed by atoms with Crippen LogP contribution in [0.3, 0.4) is 0 Å². The van der Waals surface area contributed by atoms with Crippen LogP contribution in [0.25, 0.3) is 0 Å². The zero-order chi connectivity index (χ0) is 19.9. The summed E-state index contributed by atoms with van der Waals surface area (Å²) in [5, 5.41) is 3.53. The van der Waals surface area contributed by atoms with Crippen LogP contribution in [0.2, 0.25) is 0 Å². The zero-order valence-corrected chi connectivity index (χ0v) is 16.7. The number of amides is 1. The van der Waals surface area contributed by atoms with Gasteiger partial charge >= 0.3 is 0 Å². The van der Waals surface area contributed by atoms with E-state index in [9.17, 15) is 9.18 Å². The van der Waals surface area contributed by atoms with E-state index < -0.39 is 0 Å². The van der Waals surface area contributed by atoms with Gasteiger partial charge in [-0.2, -0.15) is 0 Å². The lowest BCUT2D eigenvalue weighted by Crippen LogP contribution is -2.32. The van der Waals surface area contributed by atoms with E-state index in [1.54, 1.807) is 13.0 Å². The molecule has 0 bridgehead atoms. The molecule has 2 aromatic carbocycles. The highest BCUT2D eigenvalue weighted by molar-refractivity contribution is 5.78. The van der Waals surface area contributed by atoms with Crippen molar-refractivity contribution in [3.05, 3.63) is 65.0 Å². The Kier molecular flexibility index (Phi) is 7.04. The predicted octanol–water partition coefficient (Wildman–Crippen LogP) is 4.38. The Hall–Kier alpha value is -2.40. The van der Waals surface area contributed by atoms with E-state index in [-0.39, 0.29) is 24.4 Å². The van der Waals surface area contributed by atoms with E-state index in [0.29, 0.717) is 12.1 Å². The Morgan fingerprint density at radius 1 is 1.21 bits per heavy atom. The molecular weight excluding hydrogens is 355 g/mol. The standard InChI is InChI=1S/C23H29FN2O2/c1-3-21(25-15-18-10-11-20(24)17(2)14-18)19-8-4-5-9-22(19)28-16-23(27)26-12-6-7-13-26/h4-5,8-11,14,21,25H,3,6-7,12-13,15-16H2,1-2H3. The first-order valence-corrected chi connectivity index (χ1v) is 10.1. The minimum atomic E-state index is -0.183. The number of aryl methyl sites for hydroxylation is 1. The Balaban J connectivity index is 1.64. The first-order chi connectivity index (χ1) is 13.6. The third kappa shape index (κ3) is 5.10. The van der Waals surface area contributed by atoms with Crippen LogP contribution in [-0.2, 0) is 11.3 Å². The fourth-order valence-electron chi connectivity index (χ4n) is 3.63. The molecule has 1 N–H and O–H groups in total. The number of nitrogens with zero attached hydrogens (tertiary/aromatic N) is 1. The average Bonchev–Trinajstić information content (AvgIpc) is 3.25. The minimum absolute atomic E-state index is 0.0510. The maximum Gasteiger partial charge on any atom is 0.260 e. The fraction of sp³-hybridized carbons (Fsp3) is 0.435. The second-order valence-electron chi connectivity index (χ2n) is 7.34. The Labute approximate surface area is 166 Å². The van der Waals surface area contributed by atoms with Crippen LogP contribution in [0.5, 0.6) is 5.75 Å². The summed E-state index contributed by atoms with van der Waals surface area (Å²) in [5.41, 5.74) is 2.73. The summed E-state index contributed by atoms with van der Waals surface area (Å²) >= 11 is 0. The number of halogens is 1. The van der Waals surface area contributed by atoms with E-state index >= 15 is 0 Å². The lowest BCUT2D eigenvalue weighted by Gasteiger charge is -2.22. The molecule has 1 atom stereocenters. The van der Waals surface area contributed by atoms with Crippen LogP contribution < -0.4 is 10.1 Å². The number of ether oxygens (including phenoxy) is 1. The largest absolute Gasteiger partial charge is 0.483 e. The van der Waals surface area contributed by atoms with Gasteiger partial charge in [0.1, 0.15) is 11.6 Å². The van der Waals surface area contributed by atoms with E-state index in [0.717, 1.165) is 49.2 Å². The van der Waals surface area contributed by atoms with Gasteiger partial charge in [0.2, 0.25) is 0 Å². The van der Waals surface area contributed by atoms with Gasteiger partial charge in [-0.25, -0.2) is 4.39 Å². The average molecular weight is 384 g/mol. The summed E-state index contributed by atoms with van der Waals surface area (Å²) in [7, 11) is 0. The summed E-state index contributed by atoms with van der Waals surface area (Å²) in [5.74, 6) is 0.608. The first kappa shape index (κ1) is 20.3. The number of nitrogens with one attached hydrogen (secondary N) is 1. The number of carbonyl (C=O) groups is 1. The molecule has 0 aromatic heterocycles. The molecule has 0 radical (unpaired) electrons. The number of hydrogen-bond donors (Lipinski definition) is 1. The highest BCUT2D eigenvalue weighted by atomic mass is 19.1. The van der Waals surface area contributed by atoms with E-state index in [1.807, 2.05) is 35.2 Å². The van der Waals surface area contributed by atoms with E-state index in [4.69, 9.17) is 4.74 Å². The number of rotatable bonds is 8. The van der Waals surface area contributed by atoms with Crippen LogP contribution in [-0.4, -0.2) is 30.5 Å². The lowest BCUT2D eigenvalue weighted by molar-refractivity contribution is -0.132. The normalized spacial score (nSPS) is 14.9. The molecule has 2 aromatic rings. The lowest BCUT2D eigenvalue weighted by atomic mass is 10.0. The van der Waals surface area contributed by atoms with Crippen LogP contribution in [0.4, 0.5) is 4.39 Å². The van der Waals surface area contributed by atoms with E-state index in [1.165, 1.54) is 6.07 Å². The van der Waals surface area contributed by atoms with Crippen molar-refractivity contribution in [2.45, 2.75) is 45.7 Å². The van der Waals surface area contributed by atoms with Gasteiger partial charge in [0, 0.05) is 31.2 Å². The molecular formula is C23H29FN2O2. The van der Waals surface area contributed by atoms with Crippen molar-refractivity contribution in [1.29, 1.82) is 0 Å². The SMILES string of the molecule is CCC(NCc1ccc(F)c(C)c1)c1ccccc1OCC(=O)N1CCCC1. The summed E-state index contributed by atoms with van der Waals surface area (Å²) in [6.07, 6.45) is 3.03.